The van der Waals surface area contributed by atoms with Crippen LogP contribution in [0.2, 0.25) is 0 Å². The molecule has 0 saturated carbocycles. The summed E-state index contributed by atoms with van der Waals surface area (Å²) < 4.78 is 2.13. The number of thiazole rings is 1. The van der Waals surface area contributed by atoms with Gasteiger partial charge in [0.15, 0.2) is 5.13 Å². The van der Waals surface area contributed by atoms with Crippen molar-refractivity contribution in [2.45, 2.75) is 13.3 Å². The first-order valence-electron chi connectivity index (χ1n) is 6.39. The maximum absolute atomic E-state index is 12.1. The molecule has 0 atom stereocenters. The molecule has 5 heteroatoms. The highest BCUT2D eigenvalue weighted by molar-refractivity contribution is 7.13. The summed E-state index contributed by atoms with van der Waals surface area (Å²) in [5.74, 6) is -0.0283. The van der Waals surface area contributed by atoms with Crippen LogP contribution in [0, 0.1) is 6.92 Å². The average Bonchev–Trinajstić information content (AvgIpc) is 3.03. The molecular weight excluding hydrogens is 270 g/mol. The zero-order valence-electron chi connectivity index (χ0n) is 11.4. The molecule has 102 valence electrons. The van der Waals surface area contributed by atoms with Gasteiger partial charge in [-0.3, -0.25) is 4.79 Å². The number of carbonyl (C=O) groups is 1. The Hall–Kier alpha value is -2.14. The van der Waals surface area contributed by atoms with Crippen LogP contribution in [0.4, 0.5) is 5.13 Å². The van der Waals surface area contributed by atoms with Gasteiger partial charge < -0.3 is 9.88 Å². The van der Waals surface area contributed by atoms with Crippen molar-refractivity contribution in [1.29, 1.82) is 0 Å². The van der Waals surface area contributed by atoms with Gasteiger partial charge in [0.2, 0.25) is 5.91 Å². The second kappa shape index (κ2) is 5.09. The lowest BCUT2D eigenvalue weighted by molar-refractivity contribution is -0.115. The molecule has 0 spiro atoms. The van der Waals surface area contributed by atoms with Gasteiger partial charge in [0, 0.05) is 35.2 Å². The van der Waals surface area contributed by atoms with Gasteiger partial charge >= 0.3 is 0 Å². The highest BCUT2D eigenvalue weighted by Gasteiger charge is 2.15. The van der Waals surface area contributed by atoms with E-state index in [1.54, 1.807) is 6.20 Å². The fourth-order valence-corrected chi connectivity index (χ4v) is 2.98. The maximum Gasteiger partial charge on any atom is 0.230 e. The normalized spacial score (nSPS) is 10.9. The van der Waals surface area contributed by atoms with Crippen LogP contribution in [-0.4, -0.2) is 15.5 Å². The molecule has 0 saturated heterocycles. The van der Waals surface area contributed by atoms with Crippen molar-refractivity contribution in [3.63, 3.8) is 0 Å². The summed E-state index contributed by atoms with van der Waals surface area (Å²) in [6.45, 7) is 2.05. The number of hydrogen-bond donors (Lipinski definition) is 1. The summed E-state index contributed by atoms with van der Waals surface area (Å²) in [6, 6.07) is 8.16. The first-order chi connectivity index (χ1) is 9.66. The predicted molar refractivity (Wildman–Crippen MR) is 82.1 cm³/mol. The monoisotopic (exact) mass is 285 g/mol. The van der Waals surface area contributed by atoms with Crippen LogP contribution in [-0.2, 0) is 18.3 Å². The number of anilines is 1. The Morgan fingerprint density at radius 2 is 2.20 bits per heavy atom. The van der Waals surface area contributed by atoms with Crippen molar-refractivity contribution < 1.29 is 4.79 Å². The largest absolute Gasteiger partial charge is 0.348 e. The van der Waals surface area contributed by atoms with Crippen LogP contribution in [0.1, 0.15) is 11.3 Å². The topological polar surface area (TPSA) is 46.9 Å². The van der Waals surface area contributed by atoms with Gasteiger partial charge in [-0.1, -0.05) is 18.2 Å². The van der Waals surface area contributed by atoms with Gasteiger partial charge in [-0.15, -0.1) is 11.3 Å². The van der Waals surface area contributed by atoms with Crippen molar-refractivity contribution in [3.05, 3.63) is 47.1 Å². The zero-order valence-corrected chi connectivity index (χ0v) is 12.2. The van der Waals surface area contributed by atoms with Gasteiger partial charge in [0.05, 0.1) is 6.42 Å². The first kappa shape index (κ1) is 12.9. The van der Waals surface area contributed by atoms with E-state index in [2.05, 4.69) is 27.0 Å². The Balaban J connectivity index is 1.91. The molecule has 20 heavy (non-hydrogen) atoms. The van der Waals surface area contributed by atoms with Gasteiger partial charge in [0.1, 0.15) is 0 Å². The number of benzene rings is 1. The molecule has 4 nitrogen and oxygen atoms in total. The van der Waals surface area contributed by atoms with Gasteiger partial charge in [-0.25, -0.2) is 4.98 Å². The van der Waals surface area contributed by atoms with Crippen LogP contribution in [0.5, 0.6) is 0 Å². The molecule has 0 aliphatic carbocycles. The number of amides is 1. The third-order valence-corrected chi connectivity index (χ3v) is 4.23. The molecule has 1 amide bonds. The molecule has 0 radical (unpaired) electrons. The molecule has 0 aliphatic rings. The van der Waals surface area contributed by atoms with Crippen LogP contribution in [0.15, 0.2) is 35.8 Å². The summed E-state index contributed by atoms with van der Waals surface area (Å²) in [6.07, 6.45) is 2.05. The minimum atomic E-state index is -0.0283. The Morgan fingerprint density at radius 1 is 1.40 bits per heavy atom. The van der Waals surface area contributed by atoms with Crippen LogP contribution >= 0.6 is 11.3 Å². The van der Waals surface area contributed by atoms with E-state index >= 15 is 0 Å². The number of fused-ring (bicyclic) bond motifs is 1. The second-order valence-corrected chi connectivity index (χ2v) is 5.60. The smallest absolute Gasteiger partial charge is 0.230 e. The molecule has 2 heterocycles. The number of aromatic nitrogens is 2. The third-order valence-electron chi connectivity index (χ3n) is 3.55. The highest BCUT2D eigenvalue weighted by atomic mass is 32.1. The molecule has 3 aromatic rings. The summed E-state index contributed by atoms with van der Waals surface area (Å²) >= 11 is 1.43. The van der Waals surface area contributed by atoms with Gasteiger partial charge in [-0.05, 0) is 18.6 Å². The van der Waals surface area contributed by atoms with E-state index in [0.29, 0.717) is 11.6 Å². The predicted octanol–water partition coefficient (Wildman–Crippen LogP) is 3.12. The van der Waals surface area contributed by atoms with Crippen LogP contribution < -0.4 is 5.32 Å². The number of nitrogens with zero attached hydrogens (tertiary/aromatic N) is 2. The van der Waals surface area contributed by atoms with Gasteiger partial charge in [-0.2, -0.15) is 0 Å². The fourth-order valence-electron chi connectivity index (χ4n) is 2.43. The molecule has 0 unspecified atom stereocenters. The molecule has 0 bridgehead atoms. The molecule has 0 aliphatic heterocycles. The molecule has 1 N–H and O–H groups in total. The number of aryl methyl sites for hydroxylation is 1. The molecule has 3 rings (SSSR count). The highest BCUT2D eigenvalue weighted by Crippen LogP contribution is 2.25. The number of hydrogen-bond acceptors (Lipinski definition) is 3. The lowest BCUT2D eigenvalue weighted by atomic mass is 10.1. The SMILES string of the molecule is Cc1c(CC(=O)Nc2nccs2)c2ccccc2n1C. The van der Waals surface area contributed by atoms with E-state index in [4.69, 9.17) is 0 Å². The van der Waals surface area contributed by atoms with E-state index in [0.717, 1.165) is 22.2 Å². The summed E-state index contributed by atoms with van der Waals surface area (Å²) in [4.78, 5) is 16.2. The van der Waals surface area contributed by atoms with Crippen molar-refractivity contribution in [2.24, 2.45) is 7.05 Å². The standard InChI is InChI=1S/C15H15N3OS/c1-10-12(9-14(19)17-15-16-7-8-20-15)11-5-3-4-6-13(11)18(10)2/h3-8H,9H2,1-2H3,(H,16,17,19). The summed E-state index contributed by atoms with van der Waals surface area (Å²) in [7, 11) is 2.03. The average molecular weight is 285 g/mol. The number of nitrogens with one attached hydrogen (secondary N) is 1. The van der Waals surface area contributed by atoms with Crippen LogP contribution in [0.3, 0.4) is 0 Å². The lowest BCUT2D eigenvalue weighted by Gasteiger charge is -2.03. The van der Waals surface area contributed by atoms with Gasteiger partial charge in [0.25, 0.3) is 0 Å². The lowest BCUT2D eigenvalue weighted by Crippen LogP contribution is -2.14. The zero-order chi connectivity index (χ0) is 14.1. The Morgan fingerprint density at radius 3 is 2.95 bits per heavy atom. The Bertz CT molecular complexity index is 759. The minimum absolute atomic E-state index is 0.0283. The molecule has 2 aromatic heterocycles. The van der Waals surface area contributed by atoms with Crippen molar-refractivity contribution in [2.75, 3.05) is 5.32 Å². The van der Waals surface area contributed by atoms with Crippen molar-refractivity contribution >= 4 is 33.3 Å². The maximum atomic E-state index is 12.1. The summed E-state index contributed by atoms with van der Waals surface area (Å²) in [5, 5.41) is 6.46. The van der Waals surface area contributed by atoms with E-state index < -0.39 is 0 Å². The molecule has 1 aromatic carbocycles. The van der Waals surface area contributed by atoms with Crippen molar-refractivity contribution in [1.82, 2.24) is 9.55 Å². The molecule has 0 fully saturated rings. The fraction of sp³-hybridized carbons (Fsp3) is 0.200. The Kier molecular flexibility index (Phi) is 3.28. The summed E-state index contributed by atoms with van der Waals surface area (Å²) in [5.41, 5.74) is 3.36. The number of para-hydroxylation sites is 1. The second-order valence-electron chi connectivity index (χ2n) is 4.70. The van der Waals surface area contributed by atoms with E-state index in [1.165, 1.54) is 11.3 Å². The third kappa shape index (κ3) is 2.20. The van der Waals surface area contributed by atoms with Crippen molar-refractivity contribution in [3.8, 4) is 0 Å². The van der Waals surface area contributed by atoms with E-state index in [-0.39, 0.29) is 5.91 Å². The first-order valence-corrected chi connectivity index (χ1v) is 7.27. The molecular formula is C15H15N3OS. The number of carbonyl (C=O) groups excluding carboxylic acids is 1. The minimum Gasteiger partial charge on any atom is -0.348 e. The Labute approximate surface area is 121 Å². The number of rotatable bonds is 3. The van der Waals surface area contributed by atoms with Crippen LogP contribution in [0.25, 0.3) is 10.9 Å². The van der Waals surface area contributed by atoms with E-state index in [9.17, 15) is 4.79 Å². The quantitative estimate of drug-likeness (QED) is 0.803. The van der Waals surface area contributed by atoms with E-state index in [1.807, 2.05) is 31.5 Å².